The average molecular weight is 229 g/mol. The van der Waals surface area contributed by atoms with Gasteiger partial charge in [-0.2, -0.15) is 5.10 Å². The van der Waals surface area contributed by atoms with Gasteiger partial charge in [-0.15, -0.1) is 0 Å². The Morgan fingerprint density at radius 2 is 2.29 bits per heavy atom. The number of hydrogen-bond donors (Lipinski definition) is 1. The van der Waals surface area contributed by atoms with Gasteiger partial charge in [-0.3, -0.25) is 4.68 Å². The van der Waals surface area contributed by atoms with E-state index in [9.17, 15) is 0 Å². The maximum Gasteiger partial charge on any atom is 0.124 e. The van der Waals surface area contributed by atoms with Crippen LogP contribution in [0.25, 0.3) is 10.9 Å². The third-order valence-electron chi connectivity index (χ3n) is 3.87. The summed E-state index contributed by atoms with van der Waals surface area (Å²) in [5.41, 5.74) is 2.21. The van der Waals surface area contributed by atoms with Gasteiger partial charge in [-0.05, 0) is 19.0 Å². The van der Waals surface area contributed by atoms with Gasteiger partial charge in [0.2, 0.25) is 0 Å². The van der Waals surface area contributed by atoms with E-state index in [1.807, 2.05) is 6.07 Å². The summed E-state index contributed by atoms with van der Waals surface area (Å²) in [5.74, 6) is 0. The first-order valence-corrected chi connectivity index (χ1v) is 6.20. The molecule has 0 amide bonds. The summed E-state index contributed by atoms with van der Waals surface area (Å²) in [4.78, 5) is 0. The summed E-state index contributed by atoms with van der Waals surface area (Å²) in [6.07, 6.45) is 1.04. The fraction of sp³-hybridized carbons (Fsp3) is 0.462. The van der Waals surface area contributed by atoms with Gasteiger partial charge in [0.15, 0.2) is 0 Å². The number of ether oxygens (including phenoxy) is 1. The Morgan fingerprint density at radius 1 is 1.35 bits per heavy atom. The first-order valence-electron chi connectivity index (χ1n) is 6.20. The lowest BCUT2D eigenvalue weighted by Gasteiger charge is -2.33. The number of fused-ring (bicyclic) bond motifs is 4. The molecule has 1 N–H and O–H groups in total. The van der Waals surface area contributed by atoms with Crippen LogP contribution in [0.1, 0.15) is 12.1 Å². The molecule has 1 atom stereocenters. The summed E-state index contributed by atoms with van der Waals surface area (Å²) in [6.45, 7) is 3.57. The molecule has 4 heteroatoms. The predicted octanol–water partition coefficient (Wildman–Crippen LogP) is 1.26. The van der Waals surface area contributed by atoms with E-state index < -0.39 is 0 Å². The van der Waals surface area contributed by atoms with Crippen molar-refractivity contribution in [1.82, 2.24) is 15.1 Å². The molecule has 3 heterocycles. The minimum atomic E-state index is -0.144. The number of nitrogens with zero attached hydrogens (tertiary/aromatic N) is 2. The van der Waals surface area contributed by atoms with Crippen LogP contribution in [-0.2, 0) is 16.9 Å². The summed E-state index contributed by atoms with van der Waals surface area (Å²) >= 11 is 0. The van der Waals surface area contributed by atoms with Crippen LogP contribution in [0.5, 0.6) is 0 Å². The molecule has 1 saturated heterocycles. The molecule has 2 aromatic rings. The minimum absolute atomic E-state index is 0.144. The van der Waals surface area contributed by atoms with Crippen molar-refractivity contribution < 1.29 is 4.74 Å². The second kappa shape index (κ2) is 3.31. The van der Waals surface area contributed by atoms with Gasteiger partial charge in [0.05, 0.1) is 24.4 Å². The Balaban J connectivity index is 2.02. The molecule has 0 bridgehead atoms. The maximum atomic E-state index is 6.10. The van der Waals surface area contributed by atoms with Crippen LogP contribution in [-0.4, -0.2) is 29.5 Å². The summed E-state index contributed by atoms with van der Waals surface area (Å²) < 4.78 is 8.24. The van der Waals surface area contributed by atoms with Gasteiger partial charge < -0.3 is 10.1 Å². The van der Waals surface area contributed by atoms with Crippen LogP contribution in [0.3, 0.4) is 0 Å². The molecule has 2 aliphatic heterocycles. The van der Waals surface area contributed by atoms with E-state index in [0.29, 0.717) is 0 Å². The second-order valence-corrected chi connectivity index (χ2v) is 4.86. The van der Waals surface area contributed by atoms with Crippen LogP contribution in [0.4, 0.5) is 0 Å². The van der Waals surface area contributed by atoms with Crippen molar-refractivity contribution >= 4 is 10.9 Å². The average Bonchev–Trinajstić information content (AvgIpc) is 2.94. The zero-order valence-electron chi connectivity index (χ0n) is 9.65. The molecule has 0 aliphatic carbocycles. The Kier molecular flexibility index (Phi) is 1.87. The molecule has 0 saturated carbocycles. The fourth-order valence-electron chi connectivity index (χ4n) is 3.11. The largest absolute Gasteiger partial charge is 0.365 e. The van der Waals surface area contributed by atoms with Gasteiger partial charge >= 0.3 is 0 Å². The van der Waals surface area contributed by atoms with E-state index in [2.05, 4.69) is 33.3 Å². The van der Waals surface area contributed by atoms with Crippen molar-refractivity contribution in [1.29, 1.82) is 0 Å². The first-order chi connectivity index (χ1) is 8.39. The zero-order chi connectivity index (χ0) is 11.3. The Bertz CT molecular complexity index is 569. The lowest BCUT2D eigenvalue weighted by molar-refractivity contribution is -0.0645. The molecule has 4 nitrogen and oxygen atoms in total. The molecule has 1 unspecified atom stereocenters. The monoisotopic (exact) mass is 229 g/mol. The third-order valence-corrected chi connectivity index (χ3v) is 3.87. The van der Waals surface area contributed by atoms with Crippen molar-refractivity contribution in [3.05, 3.63) is 30.0 Å². The van der Waals surface area contributed by atoms with Crippen LogP contribution in [0.2, 0.25) is 0 Å². The van der Waals surface area contributed by atoms with Crippen molar-refractivity contribution in [3.8, 4) is 0 Å². The predicted molar refractivity (Wildman–Crippen MR) is 64.8 cm³/mol. The highest BCUT2D eigenvalue weighted by Crippen LogP contribution is 2.38. The van der Waals surface area contributed by atoms with E-state index in [0.717, 1.165) is 38.2 Å². The van der Waals surface area contributed by atoms with Crippen molar-refractivity contribution in [2.75, 3.05) is 19.7 Å². The van der Waals surface area contributed by atoms with Crippen molar-refractivity contribution in [2.45, 2.75) is 18.6 Å². The van der Waals surface area contributed by atoms with Crippen molar-refractivity contribution in [3.63, 3.8) is 0 Å². The Morgan fingerprint density at radius 3 is 3.18 bits per heavy atom. The lowest BCUT2D eigenvalue weighted by Crippen LogP contribution is -2.40. The van der Waals surface area contributed by atoms with E-state index in [1.54, 1.807) is 0 Å². The molecule has 1 aromatic heterocycles. The molecule has 4 rings (SSSR count). The number of benzene rings is 1. The molecule has 1 spiro atoms. The summed E-state index contributed by atoms with van der Waals surface area (Å²) in [7, 11) is 0. The van der Waals surface area contributed by atoms with Crippen LogP contribution < -0.4 is 5.32 Å². The number of aromatic nitrogens is 2. The summed E-state index contributed by atoms with van der Waals surface area (Å²) in [5, 5.41) is 9.34. The van der Waals surface area contributed by atoms with Gasteiger partial charge in [0.1, 0.15) is 5.60 Å². The SMILES string of the molecule is c1ccc2c3n(nc2c1)CCOC31CCNC1. The van der Waals surface area contributed by atoms with E-state index in [-0.39, 0.29) is 5.60 Å². The molecule has 0 radical (unpaired) electrons. The minimum Gasteiger partial charge on any atom is -0.365 e. The smallest absolute Gasteiger partial charge is 0.124 e. The molecule has 1 aromatic carbocycles. The molecular weight excluding hydrogens is 214 g/mol. The fourth-order valence-corrected chi connectivity index (χ4v) is 3.11. The van der Waals surface area contributed by atoms with Gasteiger partial charge in [-0.1, -0.05) is 18.2 Å². The number of rotatable bonds is 0. The normalized spacial score (nSPS) is 27.8. The highest BCUT2D eigenvalue weighted by atomic mass is 16.5. The first kappa shape index (κ1) is 9.62. The lowest BCUT2D eigenvalue weighted by atomic mass is 9.94. The van der Waals surface area contributed by atoms with E-state index in [1.165, 1.54) is 11.1 Å². The molecule has 88 valence electrons. The van der Waals surface area contributed by atoms with Gasteiger partial charge in [0, 0.05) is 11.9 Å². The molecule has 2 aliphatic rings. The molecule has 1 fully saturated rings. The highest BCUT2D eigenvalue weighted by Gasteiger charge is 2.43. The zero-order valence-corrected chi connectivity index (χ0v) is 9.65. The highest BCUT2D eigenvalue weighted by molar-refractivity contribution is 5.82. The topological polar surface area (TPSA) is 39.1 Å². The molecular formula is C13H15N3O. The van der Waals surface area contributed by atoms with Crippen LogP contribution in [0.15, 0.2) is 24.3 Å². The Labute approximate surface area is 99.6 Å². The second-order valence-electron chi connectivity index (χ2n) is 4.86. The van der Waals surface area contributed by atoms with Gasteiger partial charge in [-0.25, -0.2) is 0 Å². The standard InChI is InChI=1S/C13H15N3O/c1-2-4-11-10(3-1)12-13(5-6-14-9-13)17-8-7-16(12)15-11/h1-4,14H,5-9H2. The Hall–Kier alpha value is -1.39. The number of hydrogen-bond acceptors (Lipinski definition) is 3. The van der Waals surface area contributed by atoms with Crippen LogP contribution >= 0.6 is 0 Å². The van der Waals surface area contributed by atoms with E-state index in [4.69, 9.17) is 4.74 Å². The third kappa shape index (κ3) is 1.22. The van der Waals surface area contributed by atoms with Gasteiger partial charge in [0.25, 0.3) is 0 Å². The molecule has 17 heavy (non-hydrogen) atoms. The van der Waals surface area contributed by atoms with Crippen molar-refractivity contribution in [2.24, 2.45) is 0 Å². The summed E-state index contributed by atoms with van der Waals surface area (Å²) in [6, 6.07) is 8.36. The maximum absolute atomic E-state index is 6.10. The van der Waals surface area contributed by atoms with Crippen LogP contribution in [0, 0.1) is 0 Å². The quantitative estimate of drug-likeness (QED) is 0.739. The van der Waals surface area contributed by atoms with E-state index >= 15 is 0 Å². The number of nitrogens with one attached hydrogen (secondary N) is 1.